The van der Waals surface area contributed by atoms with Gasteiger partial charge < -0.3 is 30.2 Å². The molecule has 14 heteroatoms. The fourth-order valence-corrected chi connectivity index (χ4v) is 7.77. The Bertz CT molecular complexity index is 2950. The first-order chi connectivity index (χ1) is 32.2. The Labute approximate surface area is 415 Å². The lowest BCUT2D eigenvalue weighted by Crippen LogP contribution is -2.41. The van der Waals surface area contributed by atoms with Crippen LogP contribution in [0.4, 0.5) is 11.6 Å². The van der Waals surface area contributed by atoms with Crippen LogP contribution in [-0.4, -0.2) is 58.4 Å². The van der Waals surface area contributed by atoms with Crippen LogP contribution < -0.4 is 16.1 Å². The van der Waals surface area contributed by atoms with Gasteiger partial charge in [-0.1, -0.05) is 80.2 Å². The van der Waals surface area contributed by atoms with E-state index in [1.54, 1.807) is 65.1 Å². The standard InChI is InChI=1S/C24H24N4O.C22H26BN3O2.C8H10BrNO.CH4/c1-16(17-7-5-4-6-8-17)28-23-21-12-18(9-10-22(21)26-15-27-23)19-11-20(14-25-13-19)24(2,3)29;1-15(16-9-7-6-8-10-16)26-20-18-13-17(11-12-19(18)24-14-25-20)23-27-21(2,3)22(4,5)28-23;1-8(2,11)6-3-7(9)5-10-4-6;/h4-16,29H,1-3H3,(H,26,27,28);6-15H,1-5H3,(H,24,25,26);3-5,11H,1-2H3;1H4. The number of anilines is 2. The summed E-state index contributed by atoms with van der Waals surface area (Å²) in [4.78, 5) is 26.1. The summed E-state index contributed by atoms with van der Waals surface area (Å²) >= 11 is 3.28. The average Bonchev–Trinajstić information content (AvgIpc) is 3.54. The molecular formula is C55H64BBrN8O4. The third-order valence-corrected chi connectivity index (χ3v) is 12.7. The Morgan fingerprint density at radius 3 is 1.51 bits per heavy atom. The minimum Gasteiger partial charge on any atom is -0.399 e. The maximum Gasteiger partial charge on any atom is 0.494 e. The Morgan fingerprint density at radius 2 is 1.03 bits per heavy atom. The number of nitrogens with one attached hydrogen (secondary N) is 2. The van der Waals surface area contributed by atoms with Crippen LogP contribution in [0.15, 0.2) is 151 Å². The molecule has 1 aliphatic rings. The molecule has 4 aromatic carbocycles. The molecule has 0 aliphatic carbocycles. The predicted molar refractivity (Wildman–Crippen MR) is 284 cm³/mol. The number of rotatable bonds is 10. The number of fused-ring (bicyclic) bond motifs is 2. The topological polar surface area (TPSA) is 160 Å². The number of pyridine rings is 2. The van der Waals surface area contributed by atoms with Gasteiger partial charge in [0.2, 0.25) is 0 Å². The van der Waals surface area contributed by atoms with Crippen molar-refractivity contribution in [1.29, 1.82) is 0 Å². The smallest absolute Gasteiger partial charge is 0.399 e. The molecule has 4 N–H and O–H groups in total. The largest absolute Gasteiger partial charge is 0.494 e. The lowest BCUT2D eigenvalue weighted by Gasteiger charge is -2.32. The zero-order chi connectivity index (χ0) is 48.9. The van der Waals surface area contributed by atoms with Crippen molar-refractivity contribution in [2.24, 2.45) is 0 Å². The van der Waals surface area contributed by atoms with Gasteiger partial charge in [0.25, 0.3) is 0 Å². The summed E-state index contributed by atoms with van der Waals surface area (Å²) in [5.74, 6) is 1.60. The fraction of sp³-hybridized carbons (Fsp3) is 0.309. The molecule has 1 fully saturated rings. The second kappa shape index (κ2) is 21.6. The highest BCUT2D eigenvalue weighted by atomic mass is 79.9. The van der Waals surface area contributed by atoms with Crippen LogP contribution in [0.5, 0.6) is 0 Å². The van der Waals surface area contributed by atoms with Crippen LogP contribution in [-0.2, 0) is 20.5 Å². The third-order valence-electron chi connectivity index (χ3n) is 12.3. The van der Waals surface area contributed by atoms with Crippen molar-refractivity contribution in [3.05, 3.63) is 173 Å². The number of halogens is 1. The highest BCUT2D eigenvalue weighted by molar-refractivity contribution is 9.10. The summed E-state index contributed by atoms with van der Waals surface area (Å²) in [6.07, 6.45) is 10.0. The highest BCUT2D eigenvalue weighted by Gasteiger charge is 2.51. The lowest BCUT2D eigenvalue weighted by molar-refractivity contribution is 0.00578. The average molecular weight is 992 g/mol. The summed E-state index contributed by atoms with van der Waals surface area (Å²) in [6.45, 7) is 19.5. The van der Waals surface area contributed by atoms with Gasteiger partial charge in [-0.2, -0.15) is 0 Å². The molecule has 9 rings (SSSR count). The zero-order valence-electron chi connectivity index (χ0n) is 40.4. The number of hydrogen-bond donors (Lipinski definition) is 4. The van der Waals surface area contributed by atoms with Gasteiger partial charge in [0, 0.05) is 68.8 Å². The van der Waals surface area contributed by atoms with Crippen molar-refractivity contribution in [3.63, 3.8) is 0 Å². The normalized spacial score (nSPS) is 14.9. The minimum absolute atomic E-state index is 0. The van der Waals surface area contributed by atoms with Gasteiger partial charge in [-0.3, -0.25) is 9.97 Å². The Balaban J connectivity index is 0.000000185. The first kappa shape index (κ1) is 52.2. The predicted octanol–water partition coefficient (Wildman–Crippen LogP) is 11.9. The van der Waals surface area contributed by atoms with Crippen molar-refractivity contribution >= 4 is 62.0 Å². The van der Waals surface area contributed by atoms with E-state index in [1.165, 1.54) is 11.1 Å². The minimum atomic E-state index is -0.944. The maximum absolute atomic E-state index is 10.3. The number of aromatic nitrogens is 6. The SMILES string of the molecule is C.CC(C)(O)c1cncc(Br)c1.CC(Nc1ncnc2ccc(-c3cncc(C(C)(C)O)c3)cc12)c1ccccc1.CC(Nc1ncnc2ccc(B3OC(C)(C)C(C)(C)O3)cc12)c1ccccc1. The second-order valence-corrected chi connectivity index (χ2v) is 20.0. The van der Waals surface area contributed by atoms with Gasteiger partial charge in [-0.15, -0.1) is 0 Å². The molecule has 1 saturated heterocycles. The molecular weight excluding hydrogens is 927 g/mol. The van der Waals surface area contributed by atoms with Crippen LogP contribution in [0, 0.1) is 0 Å². The van der Waals surface area contributed by atoms with Gasteiger partial charge in [0.05, 0.1) is 33.4 Å². The molecule has 8 aromatic rings. The van der Waals surface area contributed by atoms with E-state index >= 15 is 0 Å². The molecule has 0 radical (unpaired) electrons. The molecule has 1 aliphatic heterocycles. The van der Waals surface area contributed by atoms with Crippen LogP contribution >= 0.6 is 15.9 Å². The molecule has 2 unspecified atom stereocenters. The molecule has 69 heavy (non-hydrogen) atoms. The van der Waals surface area contributed by atoms with Crippen molar-refractivity contribution in [1.82, 2.24) is 29.9 Å². The van der Waals surface area contributed by atoms with Crippen LogP contribution in [0.3, 0.4) is 0 Å². The van der Waals surface area contributed by atoms with Crippen molar-refractivity contribution in [3.8, 4) is 11.1 Å². The first-order valence-electron chi connectivity index (χ1n) is 22.7. The van der Waals surface area contributed by atoms with Crippen molar-refractivity contribution < 1.29 is 19.5 Å². The number of aliphatic hydroxyl groups is 2. The lowest BCUT2D eigenvalue weighted by atomic mass is 9.78. The Kier molecular flexibility index (Phi) is 16.4. The molecule has 12 nitrogen and oxygen atoms in total. The molecule has 0 amide bonds. The Morgan fingerprint density at radius 1 is 0.565 bits per heavy atom. The molecule has 0 bridgehead atoms. The third kappa shape index (κ3) is 12.9. The Hall–Kier alpha value is -6.16. The monoisotopic (exact) mass is 990 g/mol. The van der Waals surface area contributed by atoms with E-state index < -0.39 is 18.3 Å². The molecule has 4 aromatic heterocycles. The molecule has 5 heterocycles. The van der Waals surface area contributed by atoms with Gasteiger partial charge in [0.1, 0.15) is 24.3 Å². The molecule has 0 saturated carbocycles. The fourth-order valence-electron chi connectivity index (χ4n) is 7.41. The van der Waals surface area contributed by atoms with E-state index in [1.807, 2.05) is 72.8 Å². The second-order valence-electron chi connectivity index (χ2n) is 19.1. The van der Waals surface area contributed by atoms with E-state index in [4.69, 9.17) is 9.31 Å². The molecule has 358 valence electrons. The van der Waals surface area contributed by atoms with E-state index in [0.29, 0.717) is 0 Å². The summed E-state index contributed by atoms with van der Waals surface area (Å²) in [6, 6.07) is 36.8. The zero-order valence-corrected chi connectivity index (χ0v) is 41.9. The van der Waals surface area contributed by atoms with E-state index in [9.17, 15) is 10.2 Å². The highest BCUT2D eigenvalue weighted by Crippen LogP contribution is 2.37. The number of hydrogen-bond acceptors (Lipinski definition) is 12. The number of nitrogens with zero attached hydrogens (tertiary/aromatic N) is 6. The van der Waals surface area contributed by atoms with Crippen LogP contribution in [0.1, 0.15) is 111 Å². The van der Waals surface area contributed by atoms with Gasteiger partial charge in [-0.05, 0) is 144 Å². The van der Waals surface area contributed by atoms with Crippen molar-refractivity contribution in [2.75, 3.05) is 10.6 Å². The summed E-state index contributed by atoms with van der Waals surface area (Å²) in [7, 11) is -0.408. The maximum atomic E-state index is 10.3. The van der Waals surface area contributed by atoms with Gasteiger partial charge in [-0.25, -0.2) is 19.9 Å². The summed E-state index contributed by atoms with van der Waals surface area (Å²) < 4.78 is 13.3. The van der Waals surface area contributed by atoms with E-state index in [2.05, 4.69) is 134 Å². The van der Waals surface area contributed by atoms with E-state index in [0.717, 1.165) is 65.6 Å². The van der Waals surface area contributed by atoms with Gasteiger partial charge >= 0.3 is 7.12 Å². The van der Waals surface area contributed by atoms with Crippen LogP contribution in [0.2, 0.25) is 0 Å². The summed E-state index contributed by atoms with van der Waals surface area (Å²) in [5.41, 5.74) is 6.16. The number of benzene rings is 4. The molecule has 0 spiro atoms. The van der Waals surface area contributed by atoms with Gasteiger partial charge in [0.15, 0.2) is 0 Å². The van der Waals surface area contributed by atoms with E-state index in [-0.39, 0.29) is 30.7 Å². The van der Waals surface area contributed by atoms with Crippen molar-refractivity contribution in [2.45, 2.75) is 111 Å². The van der Waals surface area contributed by atoms with Crippen LogP contribution in [0.25, 0.3) is 32.9 Å². The first-order valence-corrected chi connectivity index (χ1v) is 23.5. The quantitative estimate of drug-likeness (QED) is 0.0962. The molecule has 2 atom stereocenters. The summed E-state index contributed by atoms with van der Waals surface area (Å²) in [5, 5.41) is 28.8.